The lowest BCUT2D eigenvalue weighted by atomic mass is 10.2. The molecule has 3 aromatic rings. The van der Waals surface area contributed by atoms with Gasteiger partial charge in [-0.25, -0.2) is 4.98 Å². The van der Waals surface area contributed by atoms with Crippen LogP contribution in [-0.4, -0.2) is 30.1 Å². The maximum Gasteiger partial charge on any atom is 0.263 e. The monoisotopic (exact) mass is 404 g/mol. The smallest absolute Gasteiger partial charge is 0.263 e. The number of rotatable bonds is 4. The van der Waals surface area contributed by atoms with Crippen LogP contribution in [0.15, 0.2) is 22.6 Å². The molecule has 7 heteroatoms. The molecule has 0 saturated carbocycles. The molecule has 1 saturated heterocycles. The van der Waals surface area contributed by atoms with Crippen LogP contribution >= 0.6 is 22.9 Å². The molecule has 1 amide bonds. The maximum atomic E-state index is 13.4. The summed E-state index contributed by atoms with van der Waals surface area (Å²) in [6.45, 7) is 6.86. The fourth-order valence-corrected chi connectivity index (χ4v) is 4.76. The lowest BCUT2D eigenvalue weighted by Gasteiger charge is -2.22. The Morgan fingerprint density at radius 2 is 2.19 bits per heavy atom. The van der Waals surface area contributed by atoms with Gasteiger partial charge in [-0.3, -0.25) is 9.69 Å². The molecule has 0 N–H and O–H groups in total. The van der Waals surface area contributed by atoms with E-state index >= 15 is 0 Å². The highest BCUT2D eigenvalue weighted by Gasteiger charge is 2.29. The van der Waals surface area contributed by atoms with Gasteiger partial charge < -0.3 is 9.15 Å². The first-order chi connectivity index (χ1) is 12.9. The number of fused-ring (bicyclic) bond motifs is 1. The largest absolute Gasteiger partial charge is 0.466 e. The Bertz CT molecular complexity index is 965. The molecule has 1 aliphatic heterocycles. The Morgan fingerprint density at radius 3 is 2.81 bits per heavy atom. The van der Waals surface area contributed by atoms with Crippen LogP contribution in [-0.2, 0) is 4.74 Å². The van der Waals surface area contributed by atoms with E-state index in [1.807, 2.05) is 32.9 Å². The van der Waals surface area contributed by atoms with Gasteiger partial charge in [0.15, 0.2) is 5.13 Å². The number of thiazole rings is 1. The minimum atomic E-state index is -0.118. The number of nitrogens with zero attached hydrogens (tertiary/aromatic N) is 2. The molecule has 1 atom stereocenters. The standard InChI is InChI=1S/C20H21ClN2O3S/c1-11-6-7-16(21)18-17(11)22-20(27-18)23(10-14-5-4-8-25-14)19(24)15-9-12(2)26-13(15)3/h6-7,9,14H,4-5,8,10H2,1-3H3. The van der Waals surface area contributed by atoms with Crippen molar-refractivity contribution in [1.29, 1.82) is 0 Å². The van der Waals surface area contributed by atoms with Crippen molar-refractivity contribution in [3.8, 4) is 0 Å². The number of anilines is 1. The number of halogens is 1. The first kappa shape index (κ1) is 18.5. The topological polar surface area (TPSA) is 55.6 Å². The summed E-state index contributed by atoms with van der Waals surface area (Å²) in [7, 11) is 0. The van der Waals surface area contributed by atoms with Crippen LogP contribution in [0.1, 0.15) is 40.3 Å². The van der Waals surface area contributed by atoms with Crippen LogP contribution in [0, 0.1) is 20.8 Å². The molecule has 5 nitrogen and oxygen atoms in total. The molecule has 27 heavy (non-hydrogen) atoms. The van der Waals surface area contributed by atoms with Crippen molar-refractivity contribution in [1.82, 2.24) is 4.98 Å². The maximum absolute atomic E-state index is 13.4. The number of aromatic nitrogens is 1. The Hall–Kier alpha value is -1.89. The second-order valence-corrected chi connectivity index (χ2v) is 8.30. The quantitative estimate of drug-likeness (QED) is 0.592. The molecule has 0 radical (unpaired) electrons. The fraction of sp³-hybridized carbons (Fsp3) is 0.400. The number of amides is 1. The summed E-state index contributed by atoms with van der Waals surface area (Å²) >= 11 is 7.81. The summed E-state index contributed by atoms with van der Waals surface area (Å²) in [6, 6.07) is 5.60. The Balaban J connectivity index is 1.77. The molecule has 0 spiro atoms. The summed E-state index contributed by atoms with van der Waals surface area (Å²) < 4.78 is 12.3. The van der Waals surface area contributed by atoms with Gasteiger partial charge in [0, 0.05) is 6.61 Å². The minimum Gasteiger partial charge on any atom is -0.466 e. The van der Waals surface area contributed by atoms with Crippen molar-refractivity contribution < 1.29 is 13.9 Å². The van der Waals surface area contributed by atoms with Crippen LogP contribution < -0.4 is 4.90 Å². The van der Waals surface area contributed by atoms with Crippen molar-refractivity contribution in [2.75, 3.05) is 18.1 Å². The van der Waals surface area contributed by atoms with E-state index in [1.54, 1.807) is 11.0 Å². The van der Waals surface area contributed by atoms with Gasteiger partial charge in [0.2, 0.25) is 0 Å². The van der Waals surface area contributed by atoms with Gasteiger partial charge in [-0.15, -0.1) is 0 Å². The average molecular weight is 405 g/mol. The number of carbonyl (C=O) groups is 1. The highest BCUT2D eigenvalue weighted by atomic mass is 35.5. The van der Waals surface area contributed by atoms with Crippen molar-refractivity contribution in [3.63, 3.8) is 0 Å². The first-order valence-electron chi connectivity index (χ1n) is 9.00. The van der Waals surface area contributed by atoms with Crippen LogP contribution in [0.3, 0.4) is 0 Å². The van der Waals surface area contributed by atoms with E-state index in [1.165, 1.54) is 11.3 Å². The molecule has 4 rings (SSSR count). The second kappa shape index (κ2) is 7.26. The van der Waals surface area contributed by atoms with Gasteiger partial charge in [0.25, 0.3) is 5.91 Å². The lowest BCUT2D eigenvalue weighted by molar-refractivity contribution is 0.0916. The number of aryl methyl sites for hydroxylation is 3. The predicted octanol–water partition coefficient (Wildman–Crippen LogP) is 5.29. The Morgan fingerprint density at radius 1 is 1.37 bits per heavy atom. The number of hydrogen-bond acceptors (Lipinski definition) is 5. The van der Waals surface area contributed by atoms with Gasteiger partial charge >= 0.3 is 0 Å². The van der Waals surface area contributed by atoms with E-state index < -0.39 is 0 Å². The number of carbonyl (C=O) groups excluding carboxylic acids is 1. The summed E-state index contributed by atoms with van der Waals surface area (Å²) in [5.41, 5.74) is 2.44. The van der Waals surface area contributed by atoms with Crippen molar-refractivity contribution >= 4 is 44.2 Å². The summed E-state index contributed by atoms with van der Waals surface area (Å²) in [4.78, 5) is 19.8. The van der Waals surface area contributed by atoms with Crippen molar-refractivity contribution in [2.24, 2.45) is 0 Å². The van der Waals surface area contributed by atoms with Crippen LogP contribution in [0.2, 0.25) is 5.02 Å². The van der Waals surface area contributed by atoms with Gasteiger partial charge in [-0.05, 0) is 51.3 Å². The molecule has 3 heterocycles. The molecule has 142 valence electrons. The van der Waals surface area contributed by atoms with Gasteiger partial charge in [-0.2, -0.15) is 0 Å². The zero-order valence-electron chi connectivity index (χ0n) is 15.5. The third kappa shape index (κ3) is 3.49. The van der Waals surface area contributed by atoms with Crippen molar-refractivity contribution in [3.05, 3.63) is 45.9 Å². The zero-order valence-corrected chi connectivity index (χ0v) is 17.1. The van der Waals surface area contributed by atoms with Gasteiger partial charge in [-0.1, -0.05) is 29.0 Å². The molecule has 1 unspecified atom stereocenters. The Labute approximate surface area is 166 Å². The molecule has 2 aromatic heterocycles. The Kier molecular flexibility index (Phi) is 4.97. The summed E-state index contributed by atoms with van der Waals surface area (Å²) in [6.07, 6.45) is 1.98. The van der Waals surface area contributed by atoms with E-state index in [9.17, 15) is 4.79 Å². The minimum absolute atomic E-state index is 0.0193. The molecule has 1 fully saturated rings. The first-order valence-corrected chi connectivity index (χ1v) is 10.2. The van der Waals surface area contributed by atoms with Crippen molar-refractivity contribution in [2.45, 2.75) is 39.7 Å². The van der Waals surface area contributed by atoms with Crippen LogP contribution in [0.5, 0.6) is 0 Å². The lowest BCUT2D eigenvalue weighted by Crippen LogP contribution is -2.37. The summed E-state index contributed by atoms with van der Waals surface area (Å²) in [5.74, 6) is 1.22. The van der Waals surface area contributed by atoms with Crippen LogP contribution in [0.4, 0.5) is 5.13 Å². The number of hydrogen-bond donors (Lipinski definition) is 0. The second-order valence-electron chi connectivity index (χ2n) is 6.92. The van der Waals surface area contributed by atoms with E-state index in [0.717, 1.165) is 41.0 Å². The summed E-state index contributed by atoms with van der Waals surface area (Å²) in [5, 5.41) is 1.29. The molecular weight excluding hydrogens is 384 g/mol. The highest BCUT2D eigenvalue weighted by Crippen LogP contribution is 2.36. The molecule has 0 aliphatic carbocycles. The van der Waals surface area contributed by atoms with E-state index in [4.69, 9.17) is 25.7 Å². The number of benzene rings is 1. The molecule has 1 aliphatic rings. The third-order valence-corrected chi connectivity index (χ3v) is 6.38. The SMILES string of the molecule is Cc1cc(C(=O)N(CC2CCCO2)c2nc3c(C)ccc(Cl)c3s2)c(C)o1. The molecule has 1 aromatic carbocycles. The highest BCUT2D eigenvalue weighted by molar-refractivity contribution is 7.23. The number of furan rings is 1. The molecular formula is C20H21ClN2O3S. The normalized spacial score (nSPS) is 17.0. The van der Waals surface area contributed by atoms with Crippen LogP contribution in [0.25, 0.3) is 10.2 Å². The predicted molar refractivity (Wildman–Crippen MR) is 108 cm³/mol. The average Bonchev–Trinajstić information content (AvgIpc) is 3.35. The van der Waals surface area contributed by atoms with E-state index in [-0.39, 0.29) is 12.0 Å². The van der Waals surface area contributed by atoms with E-state index in [0.29, 0.717) is 28.0 Å². The van der Waals surface area contributed by atoms with Gasteiger partial charge in [0.1, 0.15) is 11.5 Å². The fourth-order valence-electron chi connectivity index (χ4n) is 3.43. The number of ether oxygens (including phenoxy) is 1. The third-order valence-electron chi connectivity index (χ3n) is 4.84. The molecule has 0 bridgehead atoms. The zero-order chi connectivity index (χ0) is 19.1. The van der Waals surface area contributed by atoms with Gasteiger partial charge in [0.05, 0.1) is 33.5 Å². The van der Waals surface area contributed by atoms with E-state index in [2.05, 4.69) is 0 Å².